The molecule has 2 aromatic carbocycles. The lowest BCUT2D eigenvalue weighted by molar-refractivity contribution is 0.155. The van der Waals surface area contributed by atoms with Crippen molar-refractivity contribution in [1.29, 1.82) is 0 Å². The van der Waals surface area contributed by atoms with Crippen molar-refractivity contribution in [3.63, 3.8) is 0 Å². The third kappa shape index (κ3) is 3.51. The molecule has 0 bridgehead atoms. The maximum absolute atomic E-state index is 11.9. The summed E-state index contributed by atoms with van der Waals surface area (Å²) in [6, 6.07) is 20.6. The third-order valence-corrected chi connectivity index (χ3v) is 3.80. The van der Waals surface area contributed by atoms with Gasteiger partial charge in [-0.1, -0.05) is 42.5 Å². The molecule has 0 unspecified atom stereocenters. The standard InChI is InChI=1S/C19H15N5O2/c25-19(26-12-14-4-2-1-3-5-14)21-16-8-6-15(7-9-16)17-10-11-18-22-20-13-24(18)23-17/h1-11,13H,12H2,(H,21,25). The number of nitrogens with zero attached hydrogens (tertiary/aromatic N) is 4. The molecule has 0 aliphatic rings. The Balaban J connectivity index is 1.40. The Hall–Kier alpha value is -3.74. The van der Waals surface area contributed by atoms with Crippen LogP contribution in [0.1, 0.15) is 5.56 Å². The summed E-state index contributed by atoms with van der Waals surface area (Å²) >= 11 is 0. The number of hydrogen-bond acceptors (Lipinski definition) is 5. The van der Waals surface area contributed by atoms with E-state index in [0.717, 1.165) is 16.8 Å². The molecule has 0 aliphatic carbocycles. The van der Waals surface area contributed by atoms with Gasteiger partial charge in [0.15, 0.2) is 5.65 Å². The molecular weight excluding hydrogens is 330 g/mol. The van der Waals surface area contributed by atoms with Crippen LogP contribution in [0, 0.1) is 0 Å². The first-order chi connectivity index (χ1) is 12.8. The van der Waals surface area contributed by atoms with Gasteiger partial charge in [-0.15, -0.1) is 10.2 Å². The zero-order valence-electron chi connectivity index (χ0n) is 13.7. The molecule has 0 aliphatic heterocycles. The van der Waals surface area contributed by atoms with E-state index in [1.807, 2.05) is 54.6 Å². The second-order valence-corrected chi connectivity index (χ2v) is 5.62. The summed E-state index contributed by atoms with van der Waals surface area (Å²) in [5.41, 5.74) is 3.98. The molecule has 2 aromatic heterocycles. The number of fused-ring (bicyclic) bond motifs is 1. The molecule has 0 spiro atoms. The quantitative estimate of drug-likeness (QED) is 0.612. The van der Waals surface area contributed by atoms with Crippen molar-refractivity contribution in [2.75, 3.05) is 5.32 Å². The van der Waals surface area contributed by atoms with Crippen LogP contribution in [0.3, 0.4) is 0 Å². The summed E-state index contributed by atoms with van der Waals surface area (Å²) in [4.78, 5) is 11.9. The largest absolute Gasteiger partial charge is 0.444 e. The molecule has 1 amide bonds. The monoisotopic (exact) mass is 345 g/mol. The first kappa shape index (κ1) is 15.8. The highest BCUT2D eigenvalue weighted by Crippen LogP contribution is 2.19. The molecule has 0 saturated carbocycles. The summed E-state index contributed by atoms with van der Waals surface area (Å²) in [6.07, 6.45) is 1.06. The number of anilines is 1. The number of ether oxygens (including phenoxy) is 1. The van der Waals surface area contributed by atoms with Gasteiger partial charge in [-0.25, -0.2) is 4.79 Å². The number of carbonyl (C=O) groups is 1. The van der Waals surface area contributed by atoms with Crippen LogP contribution in [-0.4, -0.2) is 25.9 Å². The van der Waals surface area contributed by atoms with Crippen molar-refractivity contribution in [3.8, 4) is 11.3 Å². The van der Waals surface area contributed by atoms with Gasteiger partial charge in [-0.2, -0.15) is 9.61 Å². The first-order valence-corrected chi connectivity index (χ1v) is 8.03. The fraction of sp³-hybridized carbons (Fsp3) is 0.0526. The number of rotatable bonds is 4. The number of nitrogens with one attached hydrogen (secondary N) is 1. The predicted molar refractivity (Wildman–Crippen MR) is 96.5 cm³/mol. The van der Waals surface area contributed by atoms with E-state index in [1.54, 1.807) is 23.0 Å². The van der Waals surface area contributed by atoms with Gasteiger partial charge in [-0.3, -0.25) is 5.32 Å². The summed E-state index contributed by atoms with van der Waals surface area (Å²) in [6.45, 7) is 0.230. The van der Waals surface area contributed by atoms with Crippen LogP contribution >= 0.6 is 0 Å². The lowest BCUT2D eigenvalue weighted by Crippen LogP contribution is -2.13. The van der Waals surface area contributed by atoms with Crippen LogP contribution in [0.15, 0.2) is 73.1 Å². The van der Waals surface area contributed by atoms with Gasteiger partial charge in [0, 0.05) is 11.3 Å². The Kier molecular flexibility index (Phi) is 4.26. The van der Waals surface area contributed by atoms with Gasteiger partial charge in [0.1, 0.15) is 12.9 Å². The average Bonchev–Trinajstić information content (AvgIpc) is 3.16. The second-order valence-electron chi connectivity index (χ2n) is 5.62. The SMILES string of the molecule is O=C(Nc1ccc(-c2ccc3nncn3n2)cc1)OCc1ccccc1. The molecule has 26 heavy (non-hydrogen) atoms. The Labute approximate surface area is 149 Å². The minimum absolute atomic E-state index is 0.230. The Bertz CT molecular complexity index is 1030. The summed E-state index contributed by atoms with van der Waals surface area (Å²) in [5, 5.41) is 14.9. The predicted octanol–water partition coefficient (Wildman–Crippen LogP) is 3.54. The fourth-order valence-electron chi connectivity index (χ4n) is 2.48. The Morgan fingerprint density at radius 2 is 1.81 bits per heavy atom. The molecule has 0 fully saturated rings. The Morgan fingerprint density at radius 3 is 2.62 bits per heavy atom. The van der Waals surface area contributed by atoms with Crippen molar-refractivity contribution in [3.05, 3.63) is 78.6 Å². The normalized spacial score (nSPS) is 10.6. The number of aromatic nitrogens is 4. The number of hydrogen-bond donors (Lipinski definition) is 1. The van der Waals surface area contributed by atoms with E-state index in [-0.39, 0.29) is 6.61 Å². The molecule has 4 aromatic rings. The summed E-state index contributed by atoms with van der Waals surface area (Å²) in [7, 11) is 0. The maximum atomic E-state index is 11.9. The zero-order chi connectivity index (χ0) is 17.8. The van der Waals surface area contributed by atoms with Crippen LogP contribution in [0.25, 0.3) is 16.9 Å². The number of benzene rings is 2. The van der Waals surface area contributed by atoms with Crippen molar-refractivity contribution in [1.82, 2.24) is 19.8 Å². The van der Waals surface area contributed by atoms with Gasteiger partial charge in [-0.05, 0) is 29.8 Å². The van der Waals surface area contributed by atoms with Gasteiger partial charge >= 0.3 is 6.09 Å². The highest BCUT2D eigenvalue weighted by Gasteiger charge is 2.06. The molecule has 0 saturated heterocycles. The lowest BCUT2D eigenvalue weighted by Gasteiger charge is -2.08. The second kappa shape index (κ2) is 7.02. The third-order valence-electron chi connectivity index (χ3n) is 3.80. The molecule has 7 nitrogen and oxygen atoms in total. The van der Waals surface area contributed by atoms with Crippen LogP contribution in [0.5, 0.6) is 0 Å². The minimum Gasteiger partial charge on any atom is -0.444 e. The van der Waals surface area contributed by atoms with E-state index in [9.17, 15) is 4.79 Å². The number of carbonyl (C=O) groups excluding carboxylic acids is 1. The topological polar surface area (TPSA) is 81.4 Å². The van der Waals surface area contributed by atoms with Gasteiger partial charge in [0.2, 0.25) is 0 Å². The maximum Gasteiger partial charge on any atom is 0.411 e. The van der Waals surface area contributed by atoms with Crippen LogP contribution in [-0.2, 0) is 11.3 Å². The van der Waals surface area contributed by atoms with Crippen LogP contribution in [0.2, 0.25) is 0 Å². The smallest absolute Gasteiger partial charge is 0.411 e. The van der Waals surface area contributed by atoms with Gasteiger partial charge in [0.25, 0.3) is 0 Å². The van der Waals surface area contributed by atoms with Crippen LogP contribution < -0.4 is 5.32 Å². The van der Waals surface area contributed by atoms with Gasteiger partial charge in [0.05, 0.1) is 5.69 Å². The van der Waals surface area contributed by atoms with E-state index in [1.165, 1.54) is 0 Å². The highest BCUT2D eigenvalue weighted by atomic mass is 16.5. The van der Waals surface area contributed by atoms with Crippen LogP contribution in [0.4, 0.5) is 10.5 Å². The average molecular weight is 345 g/mol. The number of amides is 1. The van der Waals surface area contributed by atoms with Crippen molar-refractivity contribution in [2.24, 2.45) is 0 Å². The van der Waals surface area contributed by atoms with Gasteiger partial charge < -0.3 is 4.74 Å². The van der Waals surface area contributed by atoms with E-state index in [2.05, 4.69) is 20.6 Å². The molecule has 4 rings (SSSR count). The van der Waals surface area contributed by atoms with E-state index < -0.39 is 6.09 Å². The molecule has 0 radical (unpaired) electrons. The highest BCUT2D eigenvalue weighted by molar-refractivity contribution is 5.85. The fourth-order valence-corrected chi connectivity index (χ4v) is 2.48. The molecule has 7 heteroatoms. The minimum atomic E-state index is -0.495. The van der Waals surface area contributed by atoms with Crippen molar-refractivity contribution < 1.29 is 9.53 Å². The summed E-state index contributed by atoms with van der Waals surface area (Å²) < 4.78 is 6.82. The zero-order valence-corrected chi connectivity index (χ0v) is 13.7. The Morgan fingerprint density at radius 1 is 1.00 bits per heavy atom. The lowest BCUT2D eigenvalue weighted by atomic mass is 10.1. The van der Waals surface area contributed by atoms with E-state index in [4.69, 9.17) is 4.74 Å². The van der Waals surface area contributed by atoms with Crippen molar-refractivity contribution in [2.45, 2.75) is 6.61 Å². The summed E-state index contributed by atoms with van der Waals surface area (Å²) in [5.74, 6) is 0. The first-order valence-electron chi connectivity index (χ1n) is 8.03. The van der Waals surface area contributed by atoms with E-state index in [0.29, 0.717) is 11.3 Å². The molecule has 0 atom stereocenters. The molecular formula is C19H15N5O2. The van der Waals surface area contributed by atoms with Crippen molar-refractivity contribution >= 4 is 17.4 Å². The molecule has 2 heterocycles. The van der Waals surface area contributed by atoms with E-state index >= 15 is 0 Å². The molecule has 1 N–H and O–H groups in total. The molecule has 128 valence electrons.